The average Bonchev–Trinajstić information content (AvgIpc) is 2.92. The molecule has 1 aliphatic carbocycles. The van der Waals surface area contributed by atoms with Gasteiger partial charge in [-0.3, -0.25) is 9.59 Å². The van der Waals surface area contributed by atoms with Crippen LogP contribution in [-0.4, -0.2) is 29.1 Å². The molecule has 0 aromatic heterocycles. The molecule has 0 atom stereocenters. The molecule has 2 aromatic carbocycles. The number of carbonyl (C=O) groups excluding carboxylic acids is 2. The molecule has 0 fully saturated rings. The van der Waals surface area contributed by atoms with Crippen molar-refractivity contribution in [3.8, 4) is 0 Å². The first-order valence-electron chi connectivity index (χ1n) is 7.70. The lowest BCUT2D eigenvalue weighted by molar-refractivity contribution is -0.136. The molecule has 0 unspecified atom stereocenters. The van der Waals surface area contributed by atoms with Gasteiger partial charge in [0.15, 0.2) is 0 Å². The van der Waals surface area contributed by atoms with Gasteiger partial charge in [-0.2, -0.15) is 0 Å². The van der Waals surface area contributed by atoms with Gasteiger partial charge < -0.3 is 15.7 Å². The first-order valence-corrected chi connectivity index (χ1v) is 7.70. The number of benzene rings is 2. The van der Waals surface area contributed by atoms with Gasteiger partial charge in [-0.1, -0.05) is 24.3 Å². The van der Waals surface area contributed by atoms with Gasteiger partial charge in [-0.05, 0) is 23.3 Å². The first kappa shape index (κ1) is 17.0. The molecule has 3 N–H and O–H groups in total. The van der Waals surface area contributed by atoms with Crippen LogP contribution in [0.15, 0.2) is 42.5 Å². The van der Waals surface area contributed by atoms with E-state index in [1.54, 1.807) is 0 Å². The minimum Gasteiger partial charge on any atom is -0.387 e. The van der Waals surface area contributed by atoms with Crippen molar-refractivity contribution in [1.29, 1.82) is 0 Å². The molecular weight excluding hydrogens is 330 g/mol. The van der Waals surface area contributed by atoms with Crippen LogP contribution in [0, 0.1) is 11.6 Å². The maximum Gasteiger partial charge on any atom is 0.313 e. The van der Waals surface area contributed by atoms with Crippen molar-refractivity contribution >= 4 is 17.5 Å². The summed E-state index contributed by atoms with van der Waals surface area (Å²) < 4.78 is 26.6. The zero-order chi connectivity index (χ0) is 18.0. The molecule has 2 aromatic rings. The Morgan fingerprint density at radius 2 is 1.68 bits per heavy atom. The predicted octanol–water partition coefficient (Wildman–Crippen LogP) is 1.55. The summed E-state index contributed by atoms with van der Waals surface area (Å²) in [6.45, 7) is -0.125. The molecule has 25 heavy (non-hydrogen) atoms. The van der Waals surface area contributed by atoms with Crippen molar-refractivity contribution in [2.45, 2.75) is 18.4 Å². The summed E-state index contributed by atoms with van der Waals surface area (Å²) in [6, 6.07) is 10.1. The van der Waals surface area contributed by atoms with E-state index in [1.807, 2.05) is 29.6 Å². The minimum atomic E-state index is -1.18. The number of anilines is 1. The monoisotopic (exact) mass is 346 g/mol. The number of carbonyl (C=O) groups is 2. The molecule has 0 spiro atoms. The third-order valence-electron chi connectivity index (χ3n) is 4.12. The predicted molar refractivity (Wildman–Crippen MR) is 86.8 cm³/mol. The van der Waals surface area contributed by atoms with Crippen LogP contribution >= 0.6 is 0 Å². The number of nitrogens with one attached hydrogen (secondary N) is 2. The molecule has 3 rings (SSSR count). The summed E-state index contributed by atoms with van der Waals surface area (Å²) in [5.74, 6) is -3.76. The highest BCUT2D eigenvalue weighted by atomic mass is 19.1. The Kier molecular flexibility index (Phi) is 4.50. The zero-order valence-electron chi connectivity index (χ0n) is 13.2. The van der Waals surface area contributed by atoms with Gasteiger partial charge in [0.25, 0.3) is 0 Å². The van der Waals surface area contributed by atoms with Crippen LogP contribution in [0.1, 0.15) is 11.1 Å². The normalized spacial score (nSPS) is 14.7. The van der Waals surface area contributed by atoms with E-state index in [-0.39, 0.29) is 6.54 Å². The fourth-order valence-electron chi connectivity index (χ4n) is 2.90. The molecule has 0 bridgehead atoms. The lowest BCUT2D eigenvalue weighted by Crippen LogP contribution is -2.46. The Bertz CT molecular complexity index is 814. The fourth-order valence-corrected chi connectivity index (χ4v) is 2.90. The second-order valence-corrected chi connectivity index (χ2v) is 6.11. The second kappa shape index (κ2) is 6.60. The Balaban J connectivity index is 1.58. The summed E-state index contributed by atoms with van der Waals surface area (Å²) in [6.07, 6.45) is 0.729. The number of rotatable bonds is 3. The summed E-state index contributed by atoms with van der Waals surface area (Å²) in [5.41, 5.74) is 0.382. The van der Waals surface area contributed by atoms with Crippen LogP contribution in [0.3, 0.4) is 0 Å². The van der Waals surface area contributed by atoms with E-state index in [9.17, 15) is 23.5 Å². The van der Waals surface area contributed by atoms with Gasteiger partial charge in [0, 0.05) is 25.5 Å². The number of hydrogen-bond donors (Lipinski definition) is 3. The van der Waals surface area contributed by atoms with Crippen molar-refractivity contribution < 1.29 is 23.5 Å². The largest absolute Gasteiger partial charge is 0.387 e. The summed E-state index contributed by atoms with van der Waals surface area (Å²) in [5, 5.41) is 14.9. The third-order valence-corrected chi connectivity index (χ3v) is 4.12. The van der Waals surface area contributed by atoms with E-state index < -0.39 is 34.7 Å². The Hall–Kier alpha value is -2.80. The molecular formula is C18H16F2N2O3. The highest BCUT2D eigenvalue weighted by molar-refractivity contribution is 6.39. The maximum atomic E-state index is 13.5. The third kappa shape index (κ3) is 3.83. The quantitative estimate of drug-likeness (QED) is 0.738. The van der Waals surface area contributed by atoms with Crippen LogP contribution in [0.4, 0.5) is 14.5 Å². The zero-order valence-corrected chi connectivity index (χ0v) is 13.2. The van der Waals surface area contributed by atoms with Crippen LogP contribution in [0.5, 0.6) is 0 Å². The lowest BCUT2D eigenvalue weighted by Gasteiger charge is -2.22. The van der Waals surface area contributed by atoms with Gasteiger partial charge in [0.2, 0.25) is 0 Å². The smallest absolute Gasteiger partial charge is 0.313 e. The van der Waals surface area contributed by atoms with Crippen LogP contribution in [-0.2, 0) is 22.4 Å². The molecule has 0 heterocycles. The van der Waals surface area contributed by atoms with Gasteiger partial charge in [-0.25, -0.2) is 8.78 Å². The van der Waals surface area contributed by atoms with Crippen molar-refractivity contribution in [1.82, 2.24) is 5.32 Å². The number of halogens is 2. The first-order chi connectivity index (χ1) is 11.9. The van der Waals surface area contributed by atoms with Crippen LogP contribution in [0.2, 0.25) is 0 Å². The molecule has 0 saturated carbocycles. The standard InChI is InChI=1S/C18H16F2N2O3/c19-13-5-6-14(20)15(7-13)22-17(24)16(23)21-10-18(25)8-11-3-1-2-4-12(11)9-18/h1-7,25H,8-10H2,(H,21,23)(H,22,24). The molecule has 5 nitrogen and oxygen atoms in total. The molecule has 2 amide bonds. The van der Waals surface area contributed by atoms with E-state index in [4.69, 9.17) is 0 Å². The van der Waals surface area contributed by atoms with E-state index in [0.717, 1.165) is 29.3 Å². The topological polar surface area (TPSA) is 78.4 Å². The molecule has 130 valence electrons. The van der Waals surface area contributed by atoms with Crippen molar-refractivity contribution in [2.24, 2.45) is 0 Å². The molecule has 7 heteroatoms. The highest BCUT2D eigenvalue weighted by Gasteiger charge is 2.35. The van der Waals surface area contributed by atoms with Gasteiger partial charge in [0.05, 0.1) is 11.3 Å². The summed E-state index contributed by atoms with van der Waals surface area (Å²) in [7, 11) is 0. The lowest BCUT2D eigenvalue weighted by atomic mass is 10.0. The second-order valence-electron chi connectivity index (χ2n) is 6.11. The van der Waals surface area contributed by atoms with Crippen molar-refractivity contribution in [2.75, 3.05) is 11.9 Å². The van der Waals surface area contributed by atoms with E-state index in [1.165, 1.54) is 0 Å². The summed E-state index contributed by atoms with van der Waals surface area (Å²) >= 11 is 0. The van der Waals surface area contributed by atoms with E-state index in [2.05, 4.69) is 5.32 Å². The van der Waals surface area contributed by atoms with Gasteiger partial charge in [0.1, 0.15) is 11.6 Å². The number of fused-ring (bicyclic) bond motifs is 1. The fraction of sp³-hybridized carbons (Fsp3) is 0.222. The number of amides is 2. The van der Waals surface area contributed by atoms with E-state index >= 15 is 0 Å². The molecule has 1 aliphatic rings. The van der Waals surface area contributed by atoms with Crippen molar-refractivity contribution in [3.05, 3.63) is 65.2 Å². The maximum absolute atomic E-state index is 13.5. The SMILES string of the molecule is O=C(NCC1(O)Cc2ccccc2C1)C(=O)Nc1cc(F)ccc1F. The summed E-state index contributed by atoms with van der Waals surface area (Å²) in [4.78, 5) is 23.7. The van der Waals surface area contributed by atoms with Gasteiger partial charge >= 0.3 is 11.8 Å². The van der Waals surface area contributed by atoms with Crippen molar-refractivity contribution in [3.63, 3.8) is 0 Å². The van der Waals surface area contributed by atoms with E-state index in [0.29, 0.717) is 12.8 Å². The average molecular weight is 346 g/mol. The van der Waals surface area contributed by atoms with Gasteiger partial charge in [-0.15, -0.1) is 0 Å². The number of hydrogen-bond acceptors (Lipinski definition) is 3. The molecule has 0 radical (unpaired) electrons. The Morgan fingerprint density at radius 3 is 2.32 bits per heavy atom. The number of aliphatic hydroxyl groups is 1. The minimum absolute atomic E-state index is 0.125. The highest BCUT2D eigenvalue weighted by Crippen LogP contribution is 2.29. The van der Waals surface area contributed by atoms with Crippen LogP contribution < -0.4 is 10.6 Å². The molecule has 0 aliphatic heterocycles. The Morgan fingerprint density at radius 1 is 1.04 bits per heavy atom. The van der Waals surface area contributed by atoms with Crippen LogP contribution in [0.25, 0.3) is 0 Å². The molecule has 0 saturated heterocycles. The Labute approximate surface area is 142 Å².